The topological polar surface area (TPSA) is 38.3 Å². The number of hydrogen-bond acceptors (Lipinski definition) is 2. The van der Waals surface area contributed by atoms with Crippen molar-refractivity contribution in [2.45, 2.75) is 37.3 Å². The minimum atomic E-state index is -0.120. The summed E-state index contributed by atoms with van der Waals surface area (Å²) in [5.41, 5.74) is 1.36. The fourth-order valence-corrected chi connectivity index (χ4v) is 2.82. The Morgan fingerprint density at radius 1 is 1.37 bits per heavy atom. The van der Waals surface area contributed by atoms with Gasteiger partial charge in [0.2, 0.25) is 5.91 Å². The number of amides is 1. The number of methoxy groups -OCH3 is 1. The van der Waals surface area contributed by atoms with Crippen LogP contribution in [-0.4, -0.2) is 25.2 Å². The molecule has 0 heterocycles. The van der Waals surface area contributed by atoms with E-state index >= 15 is 0 Å². The van der Waals surface area contributed by atoms with Crippen LogP contribution in [0, 0.1) is 0 Å². The van der Waals surface area contributed by atoms with Gasteiger partial charge in [-0.1, -0.05) is 36.9 Å². The number of benzene rings is 1. The molecule has 0 aromatic heterocycles. The molecule has 1 aromatic carbocycles. The number of rotatable bonds is 4. The molecule has 3 atom stereocenters. The van der Waals surface area contributed by atoms with E-state index in [4.69, 9.17) is 4.74 Å². The van der Waals surface area contributed by atoms with Gasteiger partial charge in [0.25, 0.3) is 0 Å². The van der Waals surface area contributed by atoms with Crippen LogP contribution in [0.1, 0.15) is 30.7 Å². The standard InChI is InChI=1S/C16H21NO2/c1-3-16(18)17-14-10-9-13(11-15(14)19-2)12-7-5-4-6-8-12/h3-8,13-15H,1,9-11H2,2H3,(H,17,18). The van der Waals surface area contributed by atoms with Gasteiger partial charge in [-0.05, 0) is 36.8 Å². The van der Waals surface area contributed by atoms with Gasteiger partial charge in [0.05, 0.1) is 12.1 Å². The van der Waals surface area contributed by atoms with Crippen molar-refractivity contribution in [2.24, 2.45) is 0 Å². The van der Waals surface area contributed by atoms with Gasteiger partial charge in [0.15, 0.2) is 0 Å². The van der Waals surface area contributed by atoms with E-state index in [2.05, 4.69) is 36.2 Å². The second-order valence-electron chi connectivity index (χ2n) is 5.01. The third kappa shape index (κ3) is 3.44. The van der Waals surface area contributed by atoms with Crippen LogP contribution >= 0.6 is 0 Å². The summed E-state index contributed by atoms with van der Waals surface area (Å²) < 4.78 is 5.55. The molecule has 1 amide bonds. The van der Waals surface area contributed by atoms with Crippen molar-refractivity contribution in [1.82, 2.24) is 5.32 Å². The lowest BCUT2D eigenvalue weighted by Gasteiger charge is -2.35. The van der Waals surface area contributed by atoms with Crippen LogP contribution in [0.2, 0.25) is 0 Å². The van der Waals surface area contributed by atoms with E-state index in [1.807, 2.05) is 6.07 Å². The van der Waals surface area contributed by atoms with Crippen molar-refractivity contribution in [2.75, 3.05) is 7.11 Å². The average Bonchev–Trinajstić information content (AvgIpc) is 2.48. The van der Waals surface area contributed by atoms with Gasteiger partial charge in [0.1, 0.15) is 0 Å². The summed E-state index contributed by atoms with van der Waals surface area (Å²) in [7, 11) is 1.71. The lowest BCUT2D eigenvalue weighted by molar-refractivity contribution is -0.118. The van der Waals surface area contributed by atoms with Crippen LogP contribution in [0.4, 0.5) is 0 Å². The number of carbonyl (C=O) groups excluding carboxylic acids is 1. The van der Waals surface area contributed by atoms with Crippen molar-refractivity contribution in [3.05, 3.63) is 48.6 Å². The molecule has 1 fully saturated rings. The number of nitrogens with one attached hydrogen (secondary N) is 1. The van der Waals surface area contributed by atoms with Crippen LogP contribution in [-0.2, 0) is 9.53 Å². The Bertz CT molecular complexity index is 430. The number of hydrogen-bond donors (Lipinski definition) is 1. The average molecular weight is 259 g/mol. The lowest BCUT2D eigenvalue weighted by Crippen LogP contribution is -2.46. The second-order valence-corrected chi connectivity index (χ2v) is 5.01. The molecule has 102 valence electrons. The van der Waals surface area contributed by atoms with E-state index in [-0.39, 0.29) is 18.1 Å². The molecule has 1 aliphatic carbocycles. The summed E-state index contributed by atoms with van der Waals surface area (Å²) in [5.74, 6) is 0.397. The fraction of sp³-hybridized carbons (Fsp3) is 0.438. The van der Waals surface area contributed by atoms with E-state index in [0.29, 0.717) is 5.92 Å². The molecular weight excluding hydrogens is 238 g/mol. The zero-order valence-electron chi connectivity index (χ0n) is 11.3. The maximum absolute atomic E-state index is 11.4. The SMILES string of the molecule is C=CC(=O)NC1CCC(c2ccccc2)CC1OC. The van der Waals surface area contributed by atoms with Crippen molar-refractivity contribution in [3.63, 3.8) is 0 Å². The minimum Gasteiger partial charge on any atom is -0.379 e. The molecule has 3 heteroatoms. The zero-order chi connectivity index (χ0) is 13.7. The first-order chi connectivity index (χ1) is 9.24. The summed E-state index contributed by atoms with van der Waals surface area (Å²) in [6.45, 7) is 3.49. The maximum Gasteiger partial charge on any atom is 0.243 e. The highest BCUT2D eigenvalue weighted by Crippen LogP contribution is 2.34. The maximum atomic E-state index is 11.4. The Kier molecular flexibility index (Phi) is 4.74. The number of ether oxygens (including phenoxy) is 1. The normalized spacial score (nSPS) is 26.7. The van der Waals surface area contributed by atoms with Crippen LogP contribution in [0.5, 0.6) is 0 Å². The molecule has 1 aliphatic rings. The summed E-state index contributed by atoms with van der Waals surface area (Å²) in [6.07, 6.45) is 4.35. The van der Waals surface area contributed by atoms with Gasteiger partial charge in [-0.2, -0.15) is 0 Å². The Labute approximate surface area is 114 Å². The fourth-order valence-electron chi connectivity index (χ4n) is 2.82. The smallest absolute Gasteiger partial charge is 0.243 e. The highest BCUT2D eigenvalue weighted by Gasteiger charge is 2.31. The van der Waals surface area contributed by atoms with Gasteiger partial charge < -0.3 is 10.1 Å². The molecule has 1 aromatic rings. The van der Waals surface area contributed by atoms with Gasteiger partial charge in [0, 0.05) is 7.11 Å². The quantitative estimate of drug-likeness (QED) is 0.844. The van der Waals surface area contributed by atoms with Crippen molar-refractivity contribution in [1.29, 1.82) is 0 Å². The van der Waals surface area contributed by atoms with Crippen molar-refractivity contribution < 1.29 is 9.53 Å². The summed E-state index contributed by atoms with van der Waals surface area (Å²) in [6, 6.07) is 10.6. The number of carbonyl (C=O) groups is 1. The van der Waals surface area contributed by atoms with Crippen molar-refractivity contribution in [3.8, 4) is 0 Å². The molecule has 0 aliphatic heterocycles. The molecule has 3 nitrogen and oxygen atoms in total. The Morgan fingerprint density at radius 3 is 2.74 bits per heavy atom. The molecule has 0 bridgehead atoms. The predicted octanol–water partition coefficient (Wildman–Crippen LogP) is 2.64. The first-order valence-electron chi connectivity index (χ1n) is 6.75. The summed E-state index contributed by atoms with van der Waals surface area (Å²) >= 11 is 0. The van der Waals surface area contributed by atoms with Crippen LogP contribution in [0.15, 0.2) is 43.0 Å². The van der Waals surface area contributed by atoms with E-state index in [1.54, 1.807) is 7.11 Å². The lowest BCUT2D eigenvalue weighted by atomic mass is 9.80. The Hall–Kier alpha value is -1.61. The molecule has 1 N–H and O–H groups in total. The van der Waals surface area contributed by atoms with E-state index in [9.17, 15) is 4.79 Å². The molecule has 19 heavy (non-hydrogen) atoms. The minimum absolute atomic E-state index is 0.0721. The third-order valence-electron chi connectivity index (χ3n) is 3.88. The highest BCUT2D eigenvalue weighted by molar-refractivity contribution is 5.87. The summed E-state index contributed by atoms with van der Waals surface area (Å²) in [4.78, 5) is 11.4. The van der Waals surface area contributed by atoms with E-state index in [0.717, 1.165) is 19.3 Å². The molecule has 3 unspecified atom stereocenters. The first-order valence-corrected chi connectivity index (χ1v) is 6.75. The molecule has 2 rings (SSSR count). The van der Waals surface area contributed by atoms with Crippen LogP contribution in [0.25, 0.3) is 0 Å². The zero-order valence-corrected chi connectivity index (χ0v) is 11.3. The Balaban J connectivity index is 2.01. The van der Waals surface area contributed by atoms with E-state index in [1.165, 1.54) is 11.6 Å². The molecule has 0 radical (unpaired) electrons. The van der Waals surface area contributed by atoms with Crippen molar-refractivity contribution >= 4 is 5.91 Å². The van der Waals surface area contributed by atoms with Gasteiger partial charge in [-0.15, -0.1) is 0 Å². The van der Waals surface area contributed by atoms with Crippen LogP contribution in [0.3, 0.4) is 0 Å². The van der Waals surface area contributed by atoms with Gasteiger partial charge in [-0.3, -0.25) is 4.79 Å². The first kappa shape index (κ1) is 13.8. The van der Waals surface area contributed by atoms with Gasteiger partial charge in [-0.25, -0.2) is 0 Å². The Morgan fingerprint density at radius 2 is 2.11 bits per heavy atom. The largest absolute Gasteiger partial charge is 0.379 e. The monoisotopic (exact) mass is 259 g/mol. The highest BCUT2D eigenvalue weighted by atomic mass is 16.5. The predicted molar refractivity (Wildman–Crippen MR) is 76.0 cm³/mol. The second kappa shape index (κ2) is 6.53. The molecular formula is C16H21NO2. The molecule has 0 spiro atoms. The molecule has 0 saturated heterocycles. The molecule has 1 saturated carbocycles. The van der Waals surface area contributed by atoms with Gasteiger partial charge >= 0.3 is 0 Å². The van der Waals surface area contributed by atoms with E-state index < -0.39 is 0 Å². The third-order valence-corrected chi connectivity index (χ3v) is 3.88. The summed E-state index contributed by atoms with van der Waals surface area (Å²) in [5, 5.41) is 2.96. The van der Waals surface area contributed by atoms with Crippen LogP contribution < -0.4 is 5.32 Å².